The lowest BCUT2D eigenvalue weighted by Gasteiger charge is -2.28. The van der Waals surface area contributed by atoms with Gasteiger partial charge in [-0.1, -0.05) is 53.7 Å². The highest BCUT2D eigenvalue weighted by Crippen LogP contribution is 2.23. The van der Waals surface area contributed by atoms with E-state index in [2.05, 4.69) is 22.3 Å². The summed E-state index contributed by atoms with van der Waals surface area (Å²) in [7, 11) is -3.53. The number of nitrogens with zero attached hydrogens (tertiary/aromatic N) is 4. The van der Waals surface area contributed by atoms with Crippen molar-refractivity contribution in [2.45, 2.75) is 49.2 Å². The molecular formula is C23H26N4O3S2. The molecule has 0 saturated heterocycles. The third kappa shape index (κ3) is 4.88. The van der Waals surface area contributed by atoms with E-state index >= 15 is 0 Å². The second-order valence-electron chi connectivity index (χ2n) is 7.84. The zero-order valence-electron chi connectivity index (χ0n) is 18.2. The summed E-state index contributed by atoms with van der Waals surface area (Å²) < 4.78 is 27.4. The van der Waals surface area contributed by atoms with Gasteiger partial charge in [-0.05, 0) is 43.5 Å². The van der Waals surface area contributed by atoms with Crippen molar-refractivity contribution in [3.8, 4) is 0 Å². The van der Waals surface area contributed by atoms with Crippen LogP contribution in [0.15, 0.2) is 58.6 Å². The fraction of sp³-hybridized carbons (Fsp3) is 0.348. The minimum Gasteiger partial charge on any atom is -0.337 e. The van der Waals surface area contributed by atoms with Crippen molar-refractivity contribution in [2.75, 3.05) is 12.3 Å². The van der Waals surface area contributed by atoms with Crippen molar-refractivity contribution in [1.82, 2.24) is 19.7 Å². The highest BCUT2D eigenvalue weighted by molar-refractivity contribution is 7.99. The van der Waals surface area contributed by atoms with Gasteiger partial charge >= 0.3 is 0 Å². The first-order valence-electron chi connectivity index (χ1n) is 10.6. The van der Waals surface area contributed by atoms with Crippen LogP contribution in [-0.2, 0) is 39.9 Å². The Kier molecular flexibility index (Phi) is 6.66. The Bertz CT molecular complexity index is 1220. The van der Waals surface area contributed by atoms with E-state index in [1.54, 1.807) is 28.8 Å². The molecule has 0 radical (unpaired) electrons. The molecule has 1 aromatic heterocycles. The monoisotopic (exact) mass is 470 g/mol. The molecule has 32 heavy (non-hydrogen) atoms. The lowest BCUT2D eigenvalue weighted by molar-refractivity contribution is -0.129. The topological polar surface area (TPSA) is 85.2 Å². The van der Waals surface area contributed by atoms with Gasteiger partial charge in [-0.3, -0.25) is 4.79 Å². The summed E-state index contributed by atoms with van der Waals surface area (Å²) in [6.07, 6.45) is 0.860. The summed E-state index contributed by atoms with van der Waals surface area (Å²) in [5.74, 6) is 0.443. The number of rotatable bonds is 7. The van der Waals surface area contributed by atoms with E-state index in [9.17, 15) is 13.2 Å². The van der Waals surface area contributed by atoms with E-state index < -0.39 is 9.84 Å². The minimum absolute atomic E-state index is 0.0454. The molecule has 0 fully saturated rings. The predicted octanol–water partition coefficient (Wildman–Crippen LogP) is 3.26. The fourth-order valence-electron chi connectivity index (χ4n) is 3.78. The predicted molar refractivity (Wildman–Crippen MR) is 124 cm³/mol. The second-order valence-corrected chi connectivity index (χ2v) is 10.8. The second kappa shape index (κ2) is 9.46. The molecule has 0 unspecified atom stereocenters. The number of aryl methyl sites for hydroxylation is 1. The van der Waals surface area contributed by atoms with Crippen molar-refractivity contribution in [3.05, 3.63) is 71.0 Å². The lowest BCUT2D eigenvalue weighted by atomic mass is 10.00. The molecule has 7 nitrogen and oxygen atoms in total. The largest absolute Gasteiger partial charge is 0.337 e. The van der Waals surface area contributed by atoms with Gasteiger partial charge in [0.05, 0.1) is 10.6 Å². The van der Waals surface area contributed by atoms with Crippen LogP contribution >= 0.6 is 11.8 Å². The Morgan fingerprint density at radius 2 is 1.78 bits per heavy atom. The number of fused-ring (bicyclic) bond motifs is 1. The third-order valence-corrected chi connectivity index (χ3v) is 8.20. The molecule has 168 valence electrons. The van der Waals surface area contributed by atoms with Crippen molar-refractivity contribution in [3.63, 3.8) is 0 Å². The van der Waals surface area contributed by atoms with E-state index in [-0.39, 0.29) is 22.3 Å². The zero-order chi connectivity index (χ0) is 22.7. The Balaban J connectivity index is 1.42. The molecule has 0 atom stereocenters. The molecule has 0 saturated carbocycles. The first-order chi connectivity index (χ1) is 15.4. The van der Waals surface area contributed by atoms with Crippen molar-refractivity contribution in [2.24, 2.45) is 0 Å². The molecular weight excluding hydrogens is 444 g/mol. The van der Waals surface area contributed by atoms with Crippen LogP contribution in [0.25, 0.3) is 0 Å². The summed E-state index contributed by atoms with van der Waals surface area (Å²) in [5.41, 5.74) is 3.49. The summed E-state index contributed by atoms with van der Waals surface area (Å²) in [6, 6.07) is 15.0. The van der Waals surface area contributed by atoms with Gasteiger partial charge < -0.3 is 9.47 Å². The molecule has 1 aliphatic heterocycles. The fourth-order valence-corrected chi connectivity index (χ4v) is 5.97. The molecule has 3 aromatic rings. The average Bonchev–Trinajstić information content (AvgIpc) is 3.18. The maximum Gasteiger partial charge on any atom is 0.233 e. The van der Waals surface area contributed by atoms with Gasteiger partial charge in [-0.2, -0.15) is 0 Å². The zero-order valence-corrected chi connectivity index (χ0v) is 19.8. The smallest absolute Gasteiger partial charge is 0.233 e. The molecule has 0 bridgehead atoms. The molecule has 1 aliphatic rings. The Hall–Kier alpha value is -2.65. The van der Waals surface area contributed by atoms with Crippen molar-refractivity contribution in [1.29, 1.82) is 0 Å². The standard InChI is InChI=1S/C23H26N4O3S2/c1-3-27-21(16-32(29,30)20-10-8-17(2)9-11-20)24-25-23(27)31-15-22(28)26-13-12-18-6-4-5-7-19(18)14-26/h4-11H,3,12-16H2,1-2H3. The molecule has 0 spiro atoms. The van der Waals surface area contributed by atoms with Crippen LogP contribution in [0.1, 0.15) is 29.4 Å². The van der Waals surface area contributed by atoms with Gasteiger partial charge in [0.1, 0.15) is 11.6 Å². The van der Waals surface area contributed by atoms with Crippen LogP contribution in [0, 0.1) is 6.92 Å². The normalized spacial score (nSPS) is 13.8. The van der Waals surface area contributed by atoms with Gasteiger partial charge in [-0.25, -0.2) is 8.42 Å². The van der Waals surface area contributed by atoms with E-state index in [0.29, 0.717) is 30.6 Å². The van der Waals surface area contributed by atoms with Crippen LogP contribution in [0.4, 0.5) is 0 Å². The number of benzene rings is 2. The maximum atomic E-state index is 12.8. The van der Waals surface area contributed by atoms with Crippen LogP contribution in [0.5, 0.6) is 0 Å². The van der Waals surface area contributed by atoms with E-state index in [1.165, 1.54) is 22.9 Å². The average molecular weight is 471 g/mol. The molecule has 4 rings (SSSR count). The van der Waals surface area contributed by atoms with Gasteiger partial charge in [-0.15, -0.1) is 10.2 Å². The van der Waals surface area contributed by atoms with Crippen LogP contribution in [0.3, 0.4) is 0 Å². The van der Waals surface area contributed by atoms with Gasteiger partial charge in [0, 0.05) is 19.6 Å². The van der Waals surface area contributed by atoms with Gasteiger partial charge in [0.2, 0.25) is 5.91 Å². The van der Waals surface area contributed by atoms with E-state index in [1.807, 2.05) is 30.9 Å². The molecule has 2 aromatic carbocycles. The number of amides is 1. The number of sulfone groups is 1. The first kappa shape index (κ1) is 22.5. The number of thioether (sulfide) groups is 1. The first-order valence-corrected chi connectivity index (χ1v) is 13.2. The Morgan fingerprint density at radius 3 is 2.50 bits per heavy atom. The third-order valence-electron chi connectivity index (χ3n) is 5.62. The van der Waals surface area contributed by atoms with E-state index in [0.717, 1.165) is 12.0 Å². The van der Waals surface area contributed by atoms with E-state index in [4.69, 9.17) is 0 Å². The van der Waals surface area contributed by atoms with Crippen LogP contribution in [0.2, 0.25) is 0 Å². The van der Waals surface area contributed by atoms with Crippen LogP contribution < -0.4 is 0 Å². The molecule has 0 aliphatic carbocycles. The van der Waals surface area contributed by atoms with Gasteiger partial charge in [0.25, 0.3) is 0 Å². The molecule has 9 heteroatoms. The number of hydrogen-bond donors (Lipinski definition) is 0. The highest BCUT2D eigenvalue weighted by atomic mass is 32.2. The number of hydrogen-bond acceptors (Lipinski definition) is 6. The molecule has 1 amide bonds. The van der Waals surface area contributed by atoms with Crippen LogP contribution in [-0.4, -0.2) is 46.3 Å². The number of carbonyl (C=O) groups is 1. The van der Waals surface area contributed by atoms with Gasteiger partial charge in [0.15, 0.2) is 15.0 Å². The minimum atomic E-state index is -3.53. The van der Waals surface area contributed by atoms with Crippen molar-refractivity contribution < 1.29 is 13.2 Å². The highest BCUT2D eigenvalue weighted by Gasteiger charge is 2.23. The number of carbonyl (C=O) groups excluding carboxylic acids is 1. The quantitative estimate of drug-likeness (QED) is 0.493. The maximum absolute atomic E-state index is 12.8. The summed E-state index contributed by atoms with van der Waals surface area (Å²) in [5, 5.41) is 8.86. The summed E-state index contributed by atoms with van der Waals surface area (Å²) >= 11 is 1.30. The summed E-state index contributed by atoms with van der Waals surface area (Å²) in [4.78, 5) is 14.9. The molecule has 2 heterocycles. The Labute approximate surface area is 192 Å². The Morgan fingerprint density at radius 1 is 1.06 bits per heavy atom. The summed E-state index contributed by atoms with van der Waals surface area (Å²) in [6.45, 7) is 5.68. The lowest BCUT2D eigenvalue weighted by Crippen LogP contribution is -2.37. The molecule has 0 N–H and O–H groups in total. The number of aromatic nitrogens is 3. The van der Waals surface area contributed by atoms with Crippen molar-refractivity contribution >= 4 is 27.5 Å². The SMILES string of the molecule is CCn1c(CS(=O)(=O)c2ccc(C)cc2)nnc1SCC(=O)N1CCc2ccccc2C1.